The van der Waals surface area contributed by atoms with Crippen molar-refractivity contribution >= 4 is 11.8 Å². The van der Waals surface area contributed by atoms with Crippen LogP contribution in [0.3, 0.4) is 0 Å². The Bertz CT molecular complexity index is 487. The number of likely N-dealkylation sites (tertiary alicyclic amines) is 1. The summed E-state index contributed by atoms with van der Waals surface area (Å²) in [6.45, 7) is 6.31. The van der Waals surface area contributed by atoms with Gasteiger partial charge in [0, 0.05) is 6.54 Å². The average Bonchev–Trinajstić information content (AvgIpc) is 3.09. The molecule has 0 aliphatic carbocycles. The highest BCUT2D eigenvalue weighted by Gasteiger charge is 2.12. The molecule has 0 radical (unpaired) electrons. The average molecular weight is 334 g/mol. The zero-order chi connectivity index (χ0) is 17.0. The molecule has 0 bridgehead atoms. The van der Waals surface area contributed by atoms with E-state index in [0.29, 0.717) is 24.7 Å². The summed E-state index contributed by atoms with van der Waals surface area (Å²) >= 11 is 0. The third kappa shape index (κ3) is 6.79. The number of ether oxygens (including phenoxy) is 2. The van der Waals surface area contributed by atoms with Crippen LogP contribution in [0.25, 0.3) is 0 Å². The van der Waals surface area contributed by atoms with E-state index in [1.807, 2.05) is 24.3 Å². The number of carbonyl (C=O) groups is 1. The Kier molecular flexibility index (Phi) is 8.46. The molecule has 1 saturated heterocycles. The number of unbranched alkanes of at least 4 members (excludes halogenated alkanes) is 3. The third-order valence-electron chi connectivity index (χ3n) is 4.22. The second kappa shape index (κ2) is 10.9. The lowest BCUT2D eigenvalue weighted by atomic mass is 10.2. The van der Waals surface area contributed by atoms with Gasteiger partial charge >= 0.3 is 6.09 Å². The van der Waals surface area contributed by atoms with Crippen LogP contribution in [0.2, 0.25) is 0 Å². The monoisotopic (exact) mass is 334 g/mol. The molecule has 0 spiro atoms. The molecule has 1 fully saturated rings. The maximum absolute atomic E-state index is 11.9. The summed E-state index contributed by atoms with van der Waals surface area (Å²) in [6, 6.07) is 7.50. The first kappa shape index (κ1) is 18.6. The Labute approximate surface area is 145 Å². The Hall–Kier alpha value is -1.75. The van der Waals surface area contributed by atoms with Crippen molar-refractivity contribution in [1.82, 2.24) is 4.90 Å². The maximum Gasteiger partial charge on any atom is 0.411 e. The number of amides is 1. The van der Waals surface area contributed by atoms with Gasteiger partial charge in [-0.2, -0.15) is 0 Å². The van der Waals surface area contributed by atoms with Crippen molar-refractivity contribution in [2.45, 2.75) is 45.4 Å². The number of para-hydroxylation sites is 2. The van der Waals surface area contributed by atoms with E-state index in [1.165, 1.54) is 32.1 Å². The van der Waals surface area contributed by atoms with Crippen LogP contribution in [-0.2, 0) is 4.74 Å². The van der Waals surface area contributed by atoms with E-state index in [9.17, 15) is 4.79 Å². The van der Waals surface area contributed by atoms with E-state index < -0.39 is 6.09 Å². The summed E-state index contributed by atoms with van der Waals surface area (Å²) in [7, 11) is 0. The molecule has 0 aromatic heterocycles. The smallest absolute Gasteiger partial charge is 0.411 e. The second-order valence-corrected chi connectivity index (χ2v) is 6.21. The van der Waals surface area contributed by atoms with Crippen molar-refractivity contribution in [1.29, 1.82) is 0 Å². The van der Waals surface area contributed by atoms with E-state index in [0.717, 1.165) is 26.1 Å². The Morgan fingerprint density at radius 1 is 1.12 bits per heavy atom. The molecule has 1 heterocycles. The lowest BCUT2D eigenvalue weighted by Gasteiger charge is -2.15. The Balaban J connectivity index is 1.71. The predicted octanol–water partition coefficient (Wildman–Crippen LogP) is 4.29. The van der Waals surface area contributed by atoms with Crippen LogP contribution in [0.15, 0.2) is 24.3 Å². The topological polar surface area (TPSA) is 50.8 Å². The molecule has 1 aliphatic heterocycles. The van der Waals surface area contributed by atoms with E-state index in [4.69, 9.17) is 9.47 Å². The SMILES string of the molecule is CCCCCCOc1ccccc1NC(=O)OCCN1CCCC1. The highest BCUT2D eigenvalue weighted by molar-refractivity contribution is 5.86. The first-order valence-electron chi connectivity index (χ1n) is 9.17. The molecule has 0 atom stereocenters. The van der Waals surface area contributed by atoms with Gasteiger partial charge < -0.3 is 9.47 Å². The van der Waals surface area contributed by atoms with Gasteiger partial charge in [-0.05, 0) is 44.5 Å². The van der Waals surface area contributed by atoms with Crippen LogP contribution in [-0.4, -0.2) is 43.8 Å². The van der Waals surface area contributed by atoms with E-state index >= 15 is 0 Å². The first-order chi connectivity index (χ1) is 11.8. The second-order valence-electron chi connectivity index (χ2n) is 6.21. The highest BCUT2D eigenvalue weighted by Crippen LogP contribution is 2.24. The van der Waals surface area contributed by atoms with Crippen LogP contribution in [0.1, 0.15) is 45.4 Å². The van der Waals surface area contributed by atoms with Crippen LogP contribution < -0.4 is 10.1 Å². The fourth-order valence-electron chi connectivity index (χ4n) is 2.83. The highest BCUT2D eigenvalue weighted by atomic mass is 16.5. The minimum atomic E-state index is -0.420. The number of carbonyl (C=O) groups excluding carboxylic acids is 1. The van der Waals surface area contributed by atoms with Gasteiger partial charge in [0.05, 0.1) is 12.3 Å². The van der Waals surface area contributed by atoms with Gasteiger partial charge in [0.1, 0.15) is 12.4 Å². The minimum Gasteiger partial charge on any atom is -0.491 e. The van der Waals surface area contributed by atoms with Crippen LogP contribution in [0, 0.1) is 0 Å². The lowest BCUT2D eigenvalue weighted by Crippen LogP contribution is -2.26. The standard InChI is InChI=1S/C19H30N2O3/c1-2-3-4-9-15-23-18-11-6-5-10-17(18)20-19(22)24-16-14-21-12-7-8-13-21/h5-6,10-11H,2-4,7-9,12-16H2,1H3,(H,20,22). The van der Waals surface area contributed by atoms with Crippen molar-refractivity contribution in [3.8, 4) is 5.75 Å². The van der Waals surface area contributed by atoms with Gasteiger partial charge in [-0.25, -0.2) is 4.79 Å². The normalized spacial score (nSPS) is 14.5. The van der Waals surface area contributed by atoms with Gasteiger partial charge in [0.25, 0.3) is 0 Å². The quantitative estimate of drug-likeness (QED) is 0.649. The Morgan fingerprint density at radius 3 is 2.71 bits per heavy atom. The van der Waals surface area contributed by atoms with Crippen LogP contribution >= 0.6 is 0 Å². The summed E-state index contributed by atoms with van der Waals surface area (Å²) in [6.07, 6.45) is 6.71. The molecular weight excluding hydrogens is 304 g/mol. The largest absolute Gasteiger partial charge is 0.491 e. The maximum atomic E-state index is 11.9. The predicted molar refractivity (Wildman–Crippen MR) is 96.7 cm³/mol. The van der Waals surface area contributed by atoms with Crippen LogP contribution in [0.4, 0.5) is 10.5 Å². The number of rotatable bonds is 10. The summed E-state index contributed by atoms with van der Waals surface area (Å²) in [5.74, 6) is 0.700. The van der Waals surface area contributed by atoms with Crippen molar-refractivity contribution in [2.75, 3.05) is 38.2 Å². The van der Waals surface area contributed by atoms with E-state index in [-0.39, 0.29) is 0 Å². The van der Waals surface area contributed by atoms with Gasteiger partial charge in [-0.1, -0.05) is 38.3 Å². The molecule has 2 rings (SSSR count). The molecule has 5 heteroatoms. The zero-order valence-corrected chi connectivity index (χ0v) is 14.8. The van der Waals surface area contributed by atoms with Crippen molar-refractivity contribution in [3.63, 3.8) is 0 Å². The van der Waals surface area contributed by atoms with Crippen molar-refractivity contribution in [3.05, 3.63) is 24.3 Å². The molecule has 1 aromatic carbocycles. The number of benzene rings is 1. The molecule has 5 nitrogen and oxygen atoms in total. The molecule has 1 N–H and O–H groups in total. The third-order valence-corrected chi connectivity index (χ3v) is 4.22. The fraction of sp³-hybridized carbons (Fsp3) is 0.632. The summed E-state index contributed by atoms with van der Waals surface area (Å²) in [5, 5.41) is 2.78. The minimum absolute atomic E-state index is 0.420. The molecule has 0 saturated carbocycles. The van der Waals surface area contributed by atoms with Gasteiger partial charge in [-0.3, -0.25) is 10.2 Å². The van der Waals surface area contributed by atoms with Crippen molar-refractivity contribution in [2.24, 2.45) is 0 Å². The number of anilines is 1. The molecule has 1 amide bonds. The molecular formula is C19H30N2O3. The fourth-order valence-corrected chi connectivity index (χ4v) is 2.83. The lowest BCUT2D eigenvalue weighted by molar-refractivity contribution is 0.146. The molecule has 134 valence electrons. The van der Waals surface area contributed by atoms with Crippen molar-refractivity contribution < 1.29 is 14.3 Å². The zero-order valence-electron chi connectivity index (χ0n) is 14.8. The first-order valence-corrected chi connectivity index (χ1v) is 9.17. The van der Waals surface area contributed by atoms with E-state index in [1.54, 1.807) is 0 Å². The Morgan fingerprint density at radius 2 is 1.92 bits per heavy atom. The molecule has 1 aliphatic rings. The molecule has 0 unspecified atom stereocenters. The summed E-state index contributed by atoms with van der Waals surface area (Å²) in [5.41, 5.74) is 0.666. The number of nitrogens with one attached hydrogen (secondary N) is 1. The number of nitrogens with zero attached hydrogens (tertiary/aromatic N) is 1. The van der Waals surface area contributed by atoms with Gasteiger partial charge in [0.15, 0.2) is 0 Å². The van der Waals surface area contributed by atoms with E-state index in [2.05, 4.69) is 17.1 Å². The summed E-state index contributed by atoms with van der Waals surface area (Å²) in [4.78, 5) is 14.3. The molecule has 1 aromatic rings. The van der Waals surface area contributed by atoms with Gasteiger partial charge in [-0.15, -0.1) is 0 Å². The van der Waals surface area contributed by atoms with Crippen LogP contribution in [0.5, 0.6) is 5.75 Å². The summed E-state index contributed by atoms with van der Waals surface area (Å²) < 4.78 is 11.1. The number of hydrogen-bond acceptors (Lipinski definition) is 4. The number of hydrogen-bond donors (Lipinski definition) is 1. The van der Waals surface area contributed by atoms with Gasteiger partial charge in [0.2, 0.25) is 0 Å². The molecule has 24 heavy (non-hydrogen) atoms.